The lowest BCUT2D eigenvalue weighted by atomic mass is 9.96. The third kappa shape index (κ3) is 6.94. The maximum absolute atomic E-state index is 2.41. The Morgan fingerprint density at radius 1 is 0.258 bits per heavy atom. The molecule has 0 N–H and O–H groups in total. The molecule has 0 atom stereocenters. The average molecular weight is 791 g/mol. The second-order valence-electron chi connectivity index (χ2n) is 15.8. The highest BCUT2D eigenvalue weighted by atomic mass is 15.1. The molecule has 1 aromatic heterocycles. The molecule has 0 saturated heterocycles. The minimum atomic E-state index is 1.09. The third-order valence-corrected chi connectivity index (χ3v) is 12.0. The zero-order chi connectivity index (χ0) is 41.2. The van der Waals surface area contributed by atoms with Crippen molar-refractivity contribution in [3.8, 4) is 61.3 Å². The van der Waals surface area contributed by atoms with Crippen molar-refractivity contribution in [2.75, 3.05) is 4.90 Å². The number of fused-ring (bicyclic) bond motifs is 3. The molecule has 0 amide bonds. The summed E-state index contributed by atoms with van der Waals surface area (Å²) >= 11 is 0. The van der Waals surface area contributed by atoms with E-state index in [0.717, 1.165) is 33.9 Å². The Morgan fingerprint density at radius 2 is 0.677 bits per heavy atom. The van der Waals surface area contributed by atoms with Crippen molar-refractivity contribution in [3.63, 3.8) is 0 Å². The van der Waals surface area contributed by atoms with E-state index in [0.29, 0.717) is 0 Å². The van der Waals surface area contributed by atoms with Crippen LogP contribution < -0.4 is 4.90 Å². The third-order valence-electron chi connectivity index (χ3n) is 12.0. The largest absolute Gasteiger partial charge is 0.310 e. The number of anilines is 3. The number of benzene rings is 10. The van der Waals surface area contributed by atoms with E-state index in [2.05, 4.69) is 264 Å². The van der Waals surface area contributed by atoms with Crippen LogP contribution in [0.4, 0.5) is 17.1 Å². The molecule has 11 aromatic rings. The summed E-state index contributed by atoms with van der Waals surface area (Å²) in [6.07, 6.45) is 0. The van der Waals surface area contributed by atoms with Gasteiger partial charge >= 0.3 is 0 Å². The maximum atomic E-state index is 2.41. The molecule has 10 aromatic carbocycles. The Balaban J connectivity index is 1.00. The molecule has 2 heteroatoms. The van der Waals surface area contributed by atoms with E-state index in [-0.39, 0.29) is 0 Å². The van der Waals surface area contributed by atoms with Gasteiger partial charge in [0, 0.05) is 33.4 Å². The summed E-state index contributed by atoms with van der Waals surface area (Å²) < 4.78 is 2.41. The molecule has 2 nitrogen and oxygen atoms in total. The molecule has 11 rings (SSSR count). The van der Waals surface area contributed by atoms with Crippen molar-refractivity contribution < 1.29 is 0 Å². The van der Waals surface area contributed by atoms with Gasteiger partial charge in [-0.25, -0.2) is 0 Å². The fraction of sp³-hybridized carbons (Fsp3) is 0. The number of rotatable bonds is 9. The summed E-state index contributed by atoms with van der Waals surface area (Å²) in [5.74, 6) is 0. The highest BCUT2D eigenvalue weighted by Gasteiger charge is 2.19. The first kappa shape index (κ1) is 36.8. The predicted molar refractivity (Wildman–Crippen MR) is 263 cm³/mol. The Hall–Kier alpha value is -8.20. The number of hydrogen-bond acceptors (Lipinski definition) is 1. The van der Waals surface area contributed by atoms with Crippen molar-refractivity contribution in [2.45, 2.75) is 0 Å². The molecule has 0 radical (unpaired) electrons. The van der Waals surface area contributed by atoms with Gasteiger partial charge in [0.25, 0.3) is 0 Å². The molecule has 0 aliphatic heterocycles. The standard InChI is InChI=1S/C60H42N2/c1-4-15-43(16-5-1)46-27-34-52(35-28-46)61(53-36-29-47(30-37-53)44-17-6-2-7-18-44)58-25-12-10-23-55(58)51-22-14-21-49(41-51)50-33-40-57-56-24-11-13-26-59(56)62(60(57)42-50)54-38-31-48(32-39-54)45-19-8-3-9-20-45/h1-42H. The van der Waals surface area contributed by atoms with Gasteiger partial charge in [-0.3, -0.25) is 0 Å². The molecule has 1 heterocycles. The maximum Gasteiger partial charge on any atom is 0.0547 e. The molecule has 62 heavy (non-hydrogen) atoms. The van der Waals surface area contributed by atoms with Gasteiger partial charge < -0.3 is 9.47 Å². The van der Waals surface area contributed by atoms with Crippen LogP contribution in [0.25, 0.3) is 83.1 Å². The van der Waals surface area contributed by atoms with Gasteiger partial charge in [0.05, 0.1) is 16.7 Å². The molecule has 0 aliphatic rings. The first-order valence-corrected chi connectivity index (χ1v) is 21.3. The molecule has 0 unspecified atom stereocenters. The van der Waals surface area contributed by atoms with E-state index in [1.807, 2.05) is 0 Å². The van der Waals surface area contributed by atoms with Crippen LogP contribution in [0.2, 0.25) is 0 Å². The minimum absolute atomic E-state index is 1.09. The summed E-state index contributed by atoms with van der Waals surface area (Å²) in [5, 5.41) is 2.49. The lowest BCUT2D eigenvalue weighted by Gasteiger charge is -2.28. The summed E-state index contributed by atoms with van der Waals surface area (Å²) in [7, 11) is 0. The summed E-state index contributed by atoms with van der Waals surface area (Å²) in [5.41, 5.74) is 18.7. The molecule has 0 fully saturated rings. The normalized spacial score (nSPS) is 11.2. The van der Waals surface area contributed by atoms with Gasteiger partial charge in [-0.15, -0.1) is 0 Å². The van der Waals surface area contributed by atoms with Crippen molar-refractivity contribution in [3.05, 3.63) is 255 Å². The number of para-hydroxylation sites is 2. The molecular formula is C60H42N2. The van der Waals surface area contributed by atoms with Crippen molar-refractivity contribution in [1.29, 1.82) is 0 Å². The Bertz CT molecular complexity index is 3210. The van der Waals surface area contributed by atoms with Crippen molar-refractivity contribution in [1.82, 2.24) is 4.57 Å². The lowest BCUT2D eigenvalue weighted by Crippen LogP contribution is -2.11. The predicted octanol–water partition coefficient (Wildman–Crippen LogP) is 16.6. The fourth-order valence-electron chi connectivity index (χ4n) is 8.94. The van der Waals surface area contributed by atoms with Crippen LogP contribution in [0.5, 0.6) is 0 Å². The molecule has 0 bridgehead atoms. The number of aromatic nitrogens is 1. The van der Waals surface area contributed by atoms with E-state index >= 15 is 0 Å². The van der Waals surface area contributed by atoms with Crippen molar-refractivity contribution in [2.24, 2.45) is 0 Å². The van der Waals surface area contributed by atoms with E-state index in [4.69, 9.17) is 0 Å². The molecule has 0 saturated carbocycles. The van der Waals surface area contributed by atoms with Crippen LogP contribution >= 0.6 is 0 Å². The lowest BCUT2D eigenvalue weighted by molar-refractivity contribution is 1.18. The highest BCUT2D eigenvalue weighted by Crippen LogP contribution is 2.43. The van der Waals surface area contributed by atoms with E-state index < -0.39 is 0 Å². The SMILES string of the molecule is c1ccc(-c2ccc(N(c3ccc(-c4ccccc4)cc3)c3ccccc3-c3cccc(-c4ccc5c6ccccc6n(-c6ccc(-c7ccccc7)cc6)c5c4)c3)cc2)cc1. The van der Waals surface area contributed by atoms with E-state index in [9.17, 15) is 0 Å². The Morgan fingerprint density at radius 3 is 1.27 bits per heavy atom. The van der Waals surface area contributed by atoms with Crippen LogP contribution in [-0.2, 0) is 0 Å². The average Bonchev–Trinajstić information content (AvgIpc) is 3.69. The smallest absolute Gasteiger partial charge is 0.0547 e. The Labute approximate surface area is 362 Å². The van der Waals surface area contributed by atoms with Crippen LogP contribution in [0.15, 0.2) is 255 Å². The van der Waals surface area contributed by atoms with Gasteiger partial charge in [-0.2, -0.15) is 0 Å². The van der Waals surface area contributed by atoms with Gasteiger partial charge in [0.2, 0.25) is 0 Å². The van der Waals surface area contributed by atoms with Gasteiger partial charge in [-0.05, 0) is 111 Å². The van der Waals surface area contributed by atoms with Crippen molar-refractivity contribution >= 4 is 38.9 Å². The highest BCUT2D eigenvalue weighted by molar-refractivity contribution is 6.10. The second kappa shape index (κ2) is 16.1. The quantitative estimate of drug-likeness (QED) is 0.141. The molecule has 0 aliphatic carbocycles. The zero-order valence-corrected chi connectivity index (χ0v) is 34.1. The first-order chi connectivity index (χ1) is 30.7. The van der Waals surface area contributed by atoms with Gasteiger partial charge in [-0.1, -0.05) is 194 Å². The van der Waals surface area contributed by atoms with Crippen LogP contribution in [0, 0.1) is 0 Å². The Kier molecular flexibility index (Phi) is 9.57. The van der Waals surface area contributed by atoms with Crippen LogP contribution in [0.1, 0.15) is 0 Å². The summed E-state index contributed by atoms with van der Waals surface area (Å²) in [4.78, 5) is 2.39. The fourth-order valence-corrected chi connectivity index (χ4v) is 8.94. The molecule has 0 spiro atoms. The summed E-state index contributed by atoms with van der Waals surface area (Å²) in [6.45, 7) is 0. The number of hydrogen-bond donors (Lipinski definition) is 0. The molecular weight excluding hydrogens is 749 g/mol. The second-order valence-corrected chi connectivity index (χ2v) is 15.8. The van der Waals surface area contributed by atoms with Crippen LogP contribution in [-0.4, -0.2) is 4.57 Å². The van der Waals surface area contributed by atoms with E-state index in [1.54, 1.807) is 0 Å². The zero-order valence-electron chi connectivity index (χ0n) is 34.1. The minimum Gasteiger partial charge on any atom is -0.310 e. The van der Waals surface area contributed by atoms with Gasteiger partial charge in [0.15, 0.2) is 0 Å². The van der Waals surface area contributed by atoms with E-state index in [1.165, 1.54) is 66.3 Å². The monoisotopic (exact) mass is 790 g/mol. The first-order valence-electron chi connectivity index (χ1n) is 21.3. The molecule has 292 valence electrons. The van der Waals surface area contributed by atoms with Gasteiger partial charge in [0.1, 0.15) is 0 Å². The topological polar surface area (TPSA) is 8.17 Å². The number of nitrogens with zero attached hydrogens (tertiary/aromatic N) is 2. The van der Waals surface area contributed by atoms with Crippen LogP contribution in [0.3, 0.4) is 0 Å². The summed E-state index contributed by atoms with van der Waals surface area (Å²) in [6, 6.07) is 92.0.